The van der Waals surface area contributed by atoms with Gasteiger partial charge < -0.3 is 5.11 Å². The standard InChI is InChI=1S/CH2Cl2O.ClH.Zr/c2-1(3)4;;/h1,4H;1H;/q;;+1/p-1. The number of halogens is 3. The van der Waals surface area contributed by atoms with Gasteiger partial charge in [-0.25, -0.2) is 0 Å². The van der Waals surface area contributed by atoms with Crippen molar-refractivity contribution < 1.29 is 28.6 Å². The van der Waals surface area contributed by atoms with E-state index in [0.717, 1.165) is 23.5 Å². The minimum absolute atomic E-state index is 1.02. The second-order valence-electron chi connectivity index (χ2n) is 0.278. The predicted octanol–water partition coefficient (Wildman–Crippen LogP) is 1.43. The van der Waals surface area contributed by atoms with Crippen LogP contribution in [0.25, 0.3) is 0 Å². The van der Waals surface area contributed by atoms with E-state index in [1.54, 1.807) is 0 Å². The Balaban J connectivity index is 0. The first-order valence-corrected chi connectivity index (χ1v) is 4.92. The van der Waals surface area contributed by atoms with Crippen LogP contribution in [0.4, 0.5) is 0 Å². The van der Waals surface area contributed by atoms with Gasteiger partial charge >= 0.3 is 32.0 Å². The average Bonchev–Trinajstić information content (AvgIpc) is 1.41. The molecule has 0 aliphatic heterocycles. The van der Waals surface area contributed by atoms with Gasteiger partial charge in [0.15, 0.2) is 0 Å². The Bertz CT molecular complexity index is 15.5. The number of rotatable bonds is 0. The molecular weight excluding hydrogens is 226 g/mol. The van der Waals surface area contributed by atoms with Crippen LogP contribution in [0.2, 0.25) is 0 Å². The second kappa shape index (κ2) is 9.86. The zero-order chi connectivity index (χ0) is 5.58. The summed E-state index contributed by atoms with van der Waals surface area (Å²) in [6.45, 7) is 0. The number of hydrogen-bond donors (Lipinski definition) is 1. The van der Waals surface area contributed by atoms with Crippen LogP contribution in [-0.4, -0.2) is 10.1 Å². The SMILES string of the molecule is OC(Cl)Cl.[Cl][Zr]. The molecule has 0 atom stereocenters. The molecular formula is CH2Cl3OZr. The molecule has 0 saturated heterocycles. The molecule has 5 heteroatoms. The van der Waals surface area contributed by atoms with Gasteiger partial charge in [-0.15, -0.1) is 0 Å². The van der Waals surface area contributed by atoms with Crippen LogP contribution in [-0.2, 0) is 23.5 Å². The van der Waals surface area contributed by atoms with Gasteiger partial charge in [0.05, 0.1) is 0 Å². The van der Waals surface area contributed by atoms with Crippen molar-refractivity contribution in [3.05, 3.63) is 0 Å². The average molecular weight is 228 g/mol. The molecule has 0 aromatic rings. The number of hydrogen-bond acceptors (Lipinski definition) is 1. The van der Waals surface area contributed by atoms with E-state index in [2.05, 4.69) is 23.2 Å². The van der Waals surface area contributed by atoms with Crippen molar-refractivity contribution in [2.45, 2.75) is 5.02 Å². The van der Waals surface area contributed by atoms with Crippen molar-refractivity contribution in [2.75, 3.05) is 0 Å². The summed E-state index contributed by atoms with van der Waals surface area (Å²) in [6.07, 6.45) is 0. The van der Waals surface area contributed by atoms with E-state index >= 15 is 0 Å². The van der Waals surface area contributed by atoms with Crippen LogP contribution in [0.3, 0.4) is 0 Å². The molecule has 6 heavy (non-hydrogen) atoms. The fourth-order valence-corrected chi connectivity index (χ4v) is 0. The Morgan fingerprint density at radius 2 is 1.33 bits per heavy atom. The fraction of sp³-hybridized carbons (Fsp3) is 1.00. The molecule has 0 aliphatic rings. The maximum atomic E-state index is 7.59. The topological polar surface area (TPSA) is 20.2 Å². The van der Waals surface area contributed by atoms with E-state index in [1.165, 1.54) is 0 Å². The molecule has 0 radical (unpaired) electrons. The van der Waals surface area contributed by atoms with E-state index in [-0.39, 0.29) is 0 Å². The van der Waals surface area contributed by atoms with Gasteiger partial charge in [-0.2, -0.15) is 0 Å². The molecule has 1 N–H and O–H groups in total. The van der Waals surface area contributed by atoms with Crippen LogP contribution in [0, 0.1) is 0 Å². The molecule has 1 nitrogen and oxygen atoms in total. The first-order valence-electron chi connectivity index (χ1n) is 0.884. The molecule has 0 unspecified atom stereocenters. The Labute approximate surface area is 65.0 Å². The summed E-state index contributed by atoms with van der Waals surface area (Å²) in [6, 6.07) is 0. The van der Waals surface area contributed by atoms with Gasteiger partial charge in [0, 0.05) is 0 Å². The fourth-order valence-electron chi connectivity index (χ4n) is 0. The van der Waals surface area contributed by atoms with Gasteiger partial charge in [0.1, 0.15) is 0 Å². The quantitative estimate of drug-likeness (QED) is 0.621. The normalized spacial score (nSPS) is 6.67. The molecule has 0 spiro atoms. The third-order valence-corrected chi connectivity index (χ3v) is 0. The summed E-state index contributed by atoms with van der Waals surface area (Å²) in [5.74, 6) is 0. The zero-order valence-electron chi connectivity index (χ0n) is 2.66. The molecule has 0 bridgehead atoms. The van der Waals surface area contributed by atoms with Crippen molar-refractivity contribution in [1.82, 2.24) is 0 Å². The predicted molar refractivity (Wildman–Crippen MR) is 23.6 cm³/mol. The van der Waals surface area contributed by atoms with Crippen molar-refractivity contribution >= 4 is 31.7 Å². The molecule has 0 fully saturated rings. The molecule has 0 aromatic carbocycles. The first kappa shape index (κ1) is 10.6. The van der Waals surface area contributed by atoms with Gasteiger partial charge in [-0.3, -0.25) is 0 Å². The summed E-state index contributed by atoms with van der Waals surface area (Å²) in [4.78, 5) is 0. The summed E-state index contributed by atoms with van der Waals surface area (Å²) < 4.78 is 0. The summed E-state index contributed by atoms with van der Waals surface area (Å²) >= 11 is 10.2. The van der Waals surface area contributed by atoms with Gasteiger partial charge in [-0.1, -0.05) is 23.2 Å². The Morgan fingerprint density at radius 1 is 1.33 bits per heavy atom. The van der Waals surface area contributed by atoms with Gasteiger partial charge in [0.2, 0.25) is 5.02 Å². The van der Waals surface area contributed by atoms with E-state index < -0.39 is 5.02 Å². The zero-order valence-corrected chi connectivity index (χ0v) is 7.38. The molecule has 0 amide bonds. The third-order valence-electron chi connectivity index (χ3n) is 0. The van der Waals surface area contributed by atoms with E-state index in [9.17, 15) is 0 Å². The molecule has 0 aliphatic carbocycles. The van der Waals surface area contributed by atoms with Crippen molar-refractivity contribution in [3.8, 4) is 0 Å². The first-order chi connectivity index (χ1) is 2.73. The number of aliphatic hydroxyl groups is 1. The third kappa shape index (κ3) is 43.2. The number of alkyl halides is 2. The Kier molecular flexibility index (Phi) is 17.5. The minimum atomic E-state index is -1.22. The van der Waals surface area contributed by atoms with Crippen LogP contribution >= 0.6 is 31.7 Å². The van der Waals surface area contributed by atoms with E-state index in [0.29, 0.717) is 0 Å². The number of aliphatic hydroxyl groups excluding tert-OH is 1. The molecule has 0 saturated carbocycles. The van der Waals surface area contributed by atoms with Gasteiger partial charge in [-0.05, 0) is 0 Å². The van der Waals surface area contributed by atoms with Crippen molar-refractivity contribution in [1.29, 1.82) is 0 Å². The Morgan fingerprint density at radius 3 is 1.33 bits per heavy atom. The van der Waals surface area contributed by atoms with Crippen molar-refractivity contribution in [3.63, 3.8) is 0 Å². The van der Waals surface area contributed by atoms with E-state index in [1.807, 2.05) is 0 Å². The van der Waals surface area contributed by atoms with Gasteiger partial charge in [0.25, 0.3) is 0 Å². The Hall–Kier alpha value is 1.71. The van der Waals surface area contributed by atoms with Crippen LogP contribution in [0.5, 0.6) is 0 Å². The maximum absolute atomic E-state index is 7.59. The van der Waals surface area contributed by atoms with Crippen LogP contribution in [0.1, 0.15) is 0 Å². The molecule has 0 heterocycles. The molecule has 0 rings (SSSR count). The van der Waals surface area contributed by atoms with Crippen LogP contribution < -0.4 is 0 Å². The molecule has 37 valence electrons. The molecule has 0 aromatic heterocycles. The van der Waals surface area contributed by atoms with Crippen LogP contribution in [0.15, 0.2) is 0 Å². The summed E-state index contributed by atoms with van der Waals surface area (Å²) in [7, 11) is 4.73. The summed E-state index contributed by atoms with van der Waals surface area (Å²) in [5, 5.41) is 6.36. The van der Waals surface area contributed by atoms with E-state index in [4.69, 9.17) is 13.6 Å². The monoisotopic (exact) mass is 225 g/mol. The van der Waals surface area contributed by atoms with Crippen molar-refractivity contribution in [2.24, 2.45) is 0 Å². The second-order valence-corrected chi connectivity index (χ2v) is 1.33. The summed E-state index contributed by atoms with van der Waals surface area (Å²) in [5.41, 5.74) is 0.